The van der Waals surface area contributed by atoms with Gasteiger partial charge in [-0.1, -0.05) is 54.1 Å². The van der Waals surface area contributed by atoms with Gasteiger partial charge < -0.3 is 10.1 Å². The molecule has 206 valence electrons. The first-order valence-corrected chi connectivity index (χ1v) is 15.6. The van der Waals surface area contributed by atoms with Gasteiger partial charge in [0.05, 0.1) is 27.7 Å². The number of hydrogen-bond acceptors (Lipinski definition) is 6. The van der Waals surface area contributed by atoms with Gasteiger partial charge in [-0.15, -0.1) is 23.1 Å². The molecule has 2 aromatic heterocycles. The molecule has 0 radical (unpaired) electrons. The zero-order valence-corrected chi connectivity index (χ0v) is 24.4. The Balaban J connectivity index is 1.52. The smallest absolute Gasteiger partial charge is 0.240 e. The lowest BCUT2D eigenvalue weighted by Crippen LogP contribution is -2.44. The van der Waals surface area contributed by atoms with Crippen LogP contribution in [0, 0.1) is 6.92 Å². The molecule has 4 heterocycles. The van der Waals surface area contributed by atoms with E-state index in [4.69, 9.17) is 21.4 Å². The molecule has 0 spiro atoms. The van der Waals surface area contributed by atoms with Crippen LogP contribution in [0.2, 0.25) is 5.02 Å². The average Bonchev–Trinajstić information content (AvgIpc) is 3.72. The topological polar surface area (TPSA) is 76.5 Å². The molecule has 0 aliphatic carbocycles. The Morgan fingerprint density at radius 1 is 1.15 bits per heavy atom. The summed E-state index contributed by atoms with van der Waals surface area (Å²) in [5, 5.41) is 10.5. The summed E-state index contributed by atoms with van der Waals surface area (Å²) in [6, 6.07) is 19.7. The lowest BCUT2D eigenvalue weighted by molar-refractivity contribution is -0.123. The number of nitrogens with one attached hydrogen (secondary N) is 1. The van der Waals surface area contributed by atoms with E-state index in [0.29, 0.717) is 17.4 Å². The van der Waals surface area contributed by atoms with Gasteiger partial charge in [-0.05, 0) is 54.5 Å². The number of nitrogens with zero attached hydrogens (tertiary/aromatic N) is 3. The van der Waals surface area contributed by atoms with Crippen molar-refractivity contribution in [3.63, 3.8) is 0 Å². The van der Waals surface area contributed by atoms with Gasteiger partial charge >= 0.3 is 0 Å². The van der Waals surface area contributed by atoms with Gasteiger partial charge in [-0.3, -0.25) is 14.5 Å². The van der Waals surface area contributed by atoms with Crippen molar-refractivity contribution in [2.75, 3.05) is 30.3 Å². The normalized spacial score (nSPS) is 18.9. The molecular formula is C30H29ClN4O3S2. The van der Waals surface area contributed by atoms with E-state index >= 15 is 0 Å². The maximum absolute atomic E-state index is 13.8. The largest absolute Gasteiger partial charge is 0.376 e. The summed E-state index contributed by atoms with van der Waals surface area (Å²) < 4.78 is 7.51. The first-order chi connectivity index (χ1) is 19.5. The second kappa shape index (κ2) is 11.8. The SMILES string of the molecule is Cc1ccccc1-n1nc(-c2cccs2)c2c1N(CC(=O)NC[C@H]1CCCO1)C(=O)CS[C@@H]2c1ccccc1Cl. The van der Waals surface area contributed by atoms with E-state index in [9.17, 15) is 9.59 Å². The number of thioether (sulfide) groups is 1. The molecule has 6 rings (SSSR count). The van der Waals surface area contributed by atoms with Crippen molar-refractivity contribution < 1.29 is 14.3 Å². The Kier molecular flexibility index (Phi) is 7.98. The number of halogens is 1. The van der Waals surface area contributed by atoms with Crippen molar-refractivity contribution in [3.05, 3.63) is 87.8 Å². The molecule has 40 heavy (non-hydrogen) atoms. The number of carbonyl (C=O) groups excluding carboxylic acids is 2. The second-order valence-electron chi connectivity index (χ2n) is 9.89. The highest BCUT2D eigenvalue weighted by atomic mass is 35.5. The summed E-state index contributed by atoms with van der Waals surface area (Å²) in [4.78, 5) is 29.7. The molecule has 2 aliphatic heterocycles. The van der Waals surface area contributed by atoms with Gasteiger partial charge in [-0.2, -0.15) is 5.10 Å². The minimum atomic E-state index is -0.262. The molecule has 2 atom stereocenters. The molecule has 0 saturated carbocycles. The molecule has 1 N–H and O–H groups in total. The summed E-state index contributed by atoms with van der Waals surface area (Å²) in [5.74, 6) is 0.415. The number of rotatable bonds is 7. The summed E-state index contributed by atoms with van der Waals surface area (Å²) in [6.45, 7) is 3.06. The average molecular weight is 593 g/mol. The maximum atomic E-state index is 13.8. The number of ether oxygens (including phenoxy) is 1. The first-order valence-electron chi connectivity index (χ1n) is 13.3. The quantitative estimate of drug-likeness (QED) is 0.284. The highest BCUT2D eigenvalue weighted by molar-refractivity contribution is 8.00. The monoisotopic (exact) mass is 592 g/mol. The van der Waals surface area contributed by atoms with E-state index in [1.54, 1.807) is 16.2 Å². The van der Waals surface area contributed by atoms with Crippen molar-refractivity contribution in [2.45, 2.75) is 31.1 Å². The fourth-order valence-electron chi connectivity index (χ4n) is 5.25. The predicted octanol–water partition coefficient (Wildman–Crippen LogP) is 6.03. The molecule has 0 unspecified atom stereocenters. The third kappa shape index (κ3) is 5.31. The van der Waals surface area contributed by atoms with Gasteiger partial charge in [0.2, 0.25) is 11.8 Å². The molecule has 2 amide bonds. The minimum Gasteiger partial charge on any atom is -0.376 e. The number of para-hydroxylation sites is 1. The Hall–Kier alpha value is -3.11. The zero-order valence-electron chi connectivity index (χ0n) is 22.0. The number of aromatic nitrogens is 2. The van der Waals surface area contributed by atoms with Crippen LogP contribution in [0.1, 0.15) is 34.8 Å². The number of fused-ring (bicyclic) bond motifs is 1. The summed E-state index contributed by atoms with van der Waals surface area (Å²) in [5.41, 5.74) is 4.43. The van der Waals surface area contributed by atoms with Crippen LogP contribution < -0.4 is 10.2 Å². The molecule has 1 saturated heterocycles. The number of hydrogen-bond donors (Lipinski definition) is 1. The van der Waals surface area contributed by atoms with Crippen molar-refractivity contribution in [1.82, 2.24) is 15.1 Å². The Labute approximate surface area is 246 Å². The van der Waals surface area contributed by atoms with Crippen LogP contribution in [0.5, 0.6) is 0 Å². The van der Waals surface area contributed by atoms with E-state index in [1.165, 1.54) is 11.8 Å². The number of anilines is 1. The zero-order chi connectivity index (χ0) is 27.6. The Bertz CT molecular complexity index is 1530. The van der Waals surface area contributed by atoms with E-state index < -0.39 is 0 Å². The highest BCUT2D eigenvalue weighted by Gasteiger charge is 2.38. The summed E-state index contributed by atoms with van der Waals surface area (Å²) >= 11 is 9.86. The molecule has 1 fully saturated rings. The van der Waals surface area contributed by atoms with E-state index in [2.05, 4.69) is 5.32 Å². The molecule has 10 heteroatoms. The van der Waals surface area contributed by atoms with Crippen LogP contribution in [-0.2, 0) is 14.3 Å². The highest BCUT2D eigenvalue weighted by Crippen LogP contribution is 2.50. The third-order valence-corrected chi connectivity index (χ3v) is 9.68. The van der Waals surface area contributed by atoms with Crippen molar-refractivity contribution in [3.8, 4) is 16.3 Å². The number of carbonyl (C=O) groups is 2. The van der Waals surface area contributed by atoms with E-state index in [0.717, 1.165) is 52.4 Å². The van der Waals surface area contributed by atoms with Gasteiger partial charge in [-0.25, -0.2) is 4.68 Å². The first kappa shape index (κ1) is 27.1. The number of amides is 2. The van der Waals surface area contributed by atoms with Crippen LogP contribution in [0.15, 0.2) is 66.0 Å². The molecule has 0 bridgehead atoms. The lowest BCUT2D eigenvalue weighted by atomic mass is 10.0. The fourth-order valence-corrected chi connectivity index (χ4v) is 7.52. The van der Waals surface area contributed by atoms with Gasteiger partial charge in [0, 0.05) is 23.7 Å². The maximum Gasteiger partial charge on any atom is 0.240 e. The van der Waals surface area contributed by atoms with Crippen LogP contribution in [0.3, 0.4) is 0 Å². The van der Waals surface area contributed by atoms with Gasteiger partial charge in [0.15, 0.2) is 0 Å². The van der Waals surface area contributed by atoms with E-state index in [1.807, 2.05) is 77.6 Å². The van der Waals surface area contributed by atoms with Crippen LogP contribution in [0.4, 0.5) is 5.82 Å². The van der Waals surface area contributed by atoms with Crippen molar-refractivity contribution in [2.24, 2.45) is 0 Å². The van der Waals surface area contributed by atoms with Crippen LogP contribution >= 0.6 is 34.7 Å². The minimum absolute atomic E-state index is 0.0161. The van der Waals surface area contributed by atoms with Gasteiger partial charge in [0.25, 0.3) is 0 Å². The van der Waals surface area contributed by atoms with Crippen LogP contribution in [0.25, 0.3) is 16.3 Å². The molecule has 7 nitrogen and oxygen atoms in total. The number of thiophene rings is 1. The third-order valence-electron chi connectivity index (χ3n) is 7.23. The van der Waals surface area contributed by atoms with Crippen LogP contribution in [-0.4, -0.2) is 53.1 Å². The Morgan fingerprint density at radius 2 is 1.98 bits per heavy atom. The molecular weight excluding hydrogens is 564 g/mol. The molecule has 2 aromatic carbocycles. The summed E-state index contributed by atoms with van der Waals surface area (Å²) in [6.07, 6.45) is 1.94. The predicted molar refractivity (Wildman–Crippen MR) is 162 cm³/mol. The standard InChI is InChI=1S/C30H29ClN4O3S2/c1-19-8-2-5-12-23(19)35-30-27(28(33-35)24-13-7-15-39-24)29(21-10-3-4-11-22(21)31)40-18-26(37)34(30)17-25(36)32-16-20-9-6-14-38-20/h2-5,7-8,10-13,15,20,29H,6,9,14,16-18H2,1H3,(H,32,36)/t20-,29-/m1/s1. The number of benzene rings is 2. The van der Waals surface area contributed by atoms with E-state index in [-0.39, 0.29) is 35.5 Å². The summed E-state index contributed by atoms with van der Waals surface area (Å²) in [7, 11) is 0. The fraction of sp³-hybridized carbons (Fsp3) is 0.300. The molecule has 2 aliphatic rings. The number of aryl methyl sites for hydroxylation is 1. The lowest BCUT2D eigenvalue weighted by Gasteiger charge is -2.24. The molecule has 4 aromatic rings. The van der Waals surface area contributed by atoms with Crippen molar-refractivity contribution >= 4 is 52.3 Å². The second-order valence-corrected chi connectivity index (χ2v) is 12.3. The van der Waals surface area contributed by atoms with Gasteiger partial charge in [0.1, 0.15) is 18.1 Å². The Morgan fingerprint density at radius 3 is 2.73 bits per heavy atom. The van der Waals surface area contributed by atoms with Crippen molar-refractivity contribution in [1.29, 1.82) is 0 Å².